The van der Waals surface area contributed by atoms with E-state index in [4.69, 9.17) is 19.4 Å². The monoisotopic (exact) mass is 532 g/mol. The van der Waals surface area contributed by atoms with Crippen LogP contribution in [-0.4, -0.2) is 34.6 Å². The standard InChI is InChI=1S/C35H36N2O3/c1-5-6-17-40-31(38)20-27-23(4)19-29-25(10-12-28(37-29)32-21(2)8-7-9-22(32)3)34(27)26-11-13-30-33-24(15-18-39-30)14-16-36-35(26)33/h7-14,16,19,31,38H,5-6,15,17-18,20H2,1-4H3. The van der Waals surface area contributed by atoms with E-state index in [1.807, 2.05) is 6.20 Å². The maximum Gasteiger partial charge on any atom is 0.158 e. The summed E-state index contributed by atoms with van der Waals surface area (Å²) in [5, 5.41) is 13.0. The van der Waals surface area contributed by atoms with Gasteiger partial charge in [0.15, 0.2) is 6.29 Å². The van der Waals surface area contributed by atoms with E-state index in [0.29, 0.717) is 19.6 Å². The molecule has 0 aliphatic carbocycles. The van der Waals surface area contributed by atoms with E-state index in [9.17, 15) is 5.11 Å². The summed E-state index contributed by atoms with van der Waals surface area (Å²) in [5.74, 6) is 0.880. The number of aryl methyl sites for hydroxylation is 3. The molecule has 5 heteroatoms. The largest absolute Gasteiger partial charge is 0.493 e. The molecule has 1 atom stereocenters. The molecule has 1 unspecified atom stereocenters. The second-order valence-corrected chi connectivity index (χ2v) is 10.9. The van der Waals surface area contributed by atoms with Crippen molar-refractivity contribution in [2.45, 2.75) is 59.7 Å². The predicted octanol–water partition coefficient (Wildman–Crippen LogP) is 7.65. The molecule has 3 heterocycles. The van der Waals surface area contributed by atoms with Crippen molar-refractivity contribution < 1.29 is 14.6 Å². The van der Waals surface area contributed by atoms with Crippen molar-refractivity contribution in [2.75, 3.05) is 13.2 Å². The van der Waals surface area contributed by atoms with Gasteiger partial charge in [-0.3, -0.25) is 4.98 Å². The maximum absolute atomic E-state index is 10.9. The minimum atomic E-state index is -0.889. The van der Waals surface area contributed by atoms with Crippen LogP contribution in [0.3, 0.4) is 0 Å². The Labute approximate surface area is 235 Å². The number of hydrogen-bond acceptors (Lipinski definition) is 5. The van der Waals surface area contributed by atoms with Crippen LogP contribution in [0, 0.1) is 20.8 Å². The molecule has 0 fully saturated rings. The van der Waals surface area contributed by atoms with Crippen LogP contribution in [-0.2, 0) is 17.6 Å². The third-order valence-corrected chi connectivity index (χ3v) is 8.09. The molecule has 40 heavy (non-hydrogen) atoms. The van der Waals surface area contributed by atoms with Crippen LogP contribution in [0.25, 0.3) is 44.2 Å². The molecule has 5 nitrogen and oxygen atoms in total. The highest BCUT2D eigenvalue weighted by Gasteiger charge is 2.23. The van der Waals surface area contributed by atoms with Gasteiger partial charge in [0.2, 0.25) is 0 Å². The minimum absolute atomic E-state index is 0.388. The molecule has 2 aromatic heterocycles. The third kappa shape index (κ3) is 4.74. The van der Waals surface area contributed by atoms with E-state index in [0.717, 1.165) is 74.8 Å². The zero-order valence-corrected chi connectivity index (χ0v) is 23.8. The van der Waals surface area contributed by atoms with Crippen molar-refractivity contribution in [1.82, 2.24) is 9.97 Å². The van der Waals surface area contributed by atoms with Crippen LogP contribution in [0.4, 0.5) is 0 Å². The van der Waals surface area contributed by atoms with Gasteiger partial charge < -0.3 is 14.6 Å². The Kier molecular flexibility index (Phi) is 7.26. The highest BCUT2D eigenvalue weighted by Crippen LogP contribution is 2.43. The van der Waals surface area contributed by atoms with E-state index in [1.54, 1.807) is 0 Å². The average molecular weight is 533 g/mol. The fourth-order valence-electron chi connectivity index (χ4n) is 6.08. The summed E-state index contributed by atoms with van der Waals surface area (Å²) >= 11 is 0. The van der Waals surface area contributed by atoms with Gasteiger partial charge in [-0.1, -0.05) is 37.6 Å². The van der Waals surface area contributed by atoms with E-state index in [-0.39, 0.29) is 0 Å². The zero-order valence-electron chi connectivity index (χ0n) is 23.8. The Morgan fingerprint density at radius 3 is 2.60 bits per heavy atom. The first-order valence-electron chi connectivity index (χ1n) is 14.3. The summed E-state index contributed by atoms with van der Waals surface area (Å²) < 4.78 is 11.8. The lowest BCUT2D eigenvalue weighted by Crippen LogP contribution is -2.17. The number of hydrogen-bond donors (Lipinski definition) is 1. The first kappa shape index (κ1) is 26.4. The molecule has 0 saturated heterocycles. The van der Waals surface area contributed by atoms with Crippen molar-refractivity contribution in [3.05, 3.63) is 88.6 Å². The Bertz CT molecular complexity index is 1700. The van der Waals surface area contributed by atoms with Crippen LogP contribution in [0.2, 0.25) is 0 Å². The Morgan fingerprint density at radius 1 is 0.975 bits per heavy atom. The van der Waals surface area contributed by atoms with Gasteiger partial charge in [0, 0.05) is 47.5 Å². The topological polar surface area (TPSA) is 64.5 Å². The van der Waals surface area contributed by atoms with Crippen molar-refractivity contribution in [3.63, 3.8) is 0 Å². The number of ether oxygens (including phenoxy) is 2. The average Bonchev–Trinajstić information content (AvgIpc) is 2.94. The number of aliphatic hydroxyl groups excluding tert-OH is 1. The normalized spacial score (nSPS) is 13.5. The molecule has 0 amide bonds. The molecule has 6 rings (SSSR count). The van der Waals surface area contributed by atoms with Crippen LogP contribution in [0.5, 0.6) is 5.75 Å². The van der Waals surface area contributed by atoms with Crippen LogP contribution < -0.4 is 4.74 Å². The first-order chi connectivity index (χ1) is 19.5. The van der Waals surface area contributed by atoms with E-state index >= 15 is 0 Å². The first-order valence-corrected chi connectivity index (χ1v) is 14.3. The summed E-state index contributed by atoms with van der Waals surface area (Å²) in [7, 11) is 0. The third-order valence-electron chi connectivity index (χ3n) is 8.09. The van der Waals surface area contributed by atoms with Gasteiger partial charge in [0.1, 0.15) is 5.75 Å². The molecule has 1 N–H and O–H groups in total. The summed E-state index contributed by atoms with van der Waals surface area (Å²) in [6, 6.07) is 19.1. The second-order valence-electron chi connectivity index (χ2n) is 10.9. The van der Waals surface area contributed by atoms with Gasteiger partial charge in [-0.15, -0.1) is 0 Å². The molecule has 3 aromatic carbocycles. The number of benzene rings is 3. The molecule has 0 radical (unpaired) electrons. The second kappa shape index (κ2) is 11.0. The maximum atomic E-state index is 10.9. The van der Waals surface area contributed by atoms with Crippen LogP contribution in [0.1, 0.15) is 47.6 Å². The summed E-state index contributed by atoms with van der Waals surface area (Å²) in [6.45, 7) is 9.71. The number of aliphatic hydroxyl groups is 1. The van der Waals surface area contributed by atoms with E-state index < -0.39 is 6.29 Å². The molecule has 1 aliphatic heterocycles. The van der Waals surface area contributed by atoms with Crippen molar-refractivity contribution >= 4 is 21.8 Å². The van der Waals surface area contributed by atoms with Crippen LogP contribution in [0.15, 0.2) is 60.8 Å². The molecular formula is C35H36N2O3. The summed E-state index contributed by atoms with van der Waals surface area (Å²) in [4.78, 5) is 10.1. The fourth-order valence-corrected chi connectivity index (χ4v) is 6.08. The fraction of sp³-hybridized carbons (Fsp3) is 0.314. The number of nitrogens with zero attached hydrogens (tertiary/aromatic N) is 2. The summed E-state index contributed by atoms with van der Waals surface area (Å²) in [5.41, 5.74) is 11.9. The lowest BCUT2D eigenvalue weighted by atomic mass is 9.87. The number of pyridine rings is 2. The zero-order chi connectivity index (χ0) is 27.8. The van der Waals surface area contributed by atoms with Gasteiger partial charge in [-0.25, -0.2) is 4.98 Å². The molecule has 204 valence electrons. The SMILES string of the molecule is CCCCOC(O)Cc1c(C)cc2nc(-c3c(C)cccc3C)ccc2c1-c1ccc2c3c(ccnc13)CCO2. The molecular weight excluding hydrogens is 496 g/mol. The molecule has 0 spiro atoms. The van der Waals surface area contributed by atoms with Gasteiger partial charge in [0.25, 0.3) is 0 Å². The number of rotatable bonds is 8. The van der Waals surface area contributed by atoms with Gasteiger partial charge in [0.05, 0.1) is 23.3 Å². The lowest BCUT2D eigenvalue weighted by molar-refractivity contribution is -0.0980. The highest BCUT2D eigenvalue weighted by atomic mass is 16.6. The molecule has 0 bridgehead atoms. The Hall–Kier alpha value is -3.80. The predicted molar refractivity (Wildman–Crippen MR) is 162 cm³/mol. The Balaban J connectivity index is 1.59. The van der Waals surface area contributed by atoms with Gasteiger partial charge in [-0.05, 0) is 90.9 Å². The smallest absolute Gasteiger partial charge is 0.158 e. The van der Waals surface area contributed by atoms with Gasteiger partial charge in [-0.2, -0.15) is 0 Å². The lowest BCUT2D eigenvalue weighted by Gasteiger charge is -2.23. The molecule has 1 aliphatic rings. The molecule has 5 aromatic rings. The number of unbranched alkanes of at least 4 members (excludes halogenated alkanes) is 1. The highest BCUT2D eigenvalue weighted by molar-refractivity contribution is 6.07. The minimum Gasteiger partial charge on any atom is -0.493 e. The van der Waals surface area contributed by atoms with Crippen molar-refractivity contribution in [2.24, 2.45) is 0 Å². The van der Waals surface area contributed by atoms with Crippen molar-refractivity contribution in [3.8, 4) is 28.1 Å². The van der Waals surface area contributed by atoms with Crippen molar-refractivity contribution in [1.29, 1.82) is 0 Å². The number of aromatic nitrogens is 2. The van der Waals surface area contributed by atoms with Gasteiger partial charge >= 0.3 is 0 Å². The van der Waals surface area contributed by atoms with Crippen LogP contribution >= 0.6 is 0 Å². The van der Waals surface area contributed by atoms with E-state index in [1.165, 1.54) is 22.3 Å². The van der Waals surface area contributed by atoms with E-state index in [2.05, 4.69) is 82.3 Å². The number of fused-ring (bicyclic) bond motifs is 1. The Morgan fingerprint density at radius 2 is 1.80 bits per heavy atom. The quantitative estimate of drug-likeness (QED) is 0.164. The summed E-state index contributed by atoms with van der Waals surface area (Å²) in [6.07, 6.45) is 4.20. The molecule has 0 saturated carbocycles.